The molecule has 0 spiro atoms. The number of hydrogen-bond donors (Lipinski definition) is 1. The molecule has 7 heteroatoms. The highest BCUT2D eigenvalue weighted by molar-refractivity contribution is 5.86. The molecule has 1 aliphatic carbocycles. The van der Waals surface area contributed by atoms with E-state index in [1.807, 2.05) is 13.1 Å². The fourth-order valence-corrected chi connectivity index (χ4v) is 3.75. The average Bonchev–Trinajstić information content (AvgIpc) is 2.62. The largest absolute Gasteiger partial charge is 0.477 e. The lowest BCUT2D eigenvalue weighted by Gasteiger charge is -2.27. The van der Waals surface area contributed by atoms with Crippen molar-refractivity contribution < 1.29 is 13.5 Å². The average molecular weight is 378 g/mol. The van der Waals surface area contributed by atoms with Crippen molar-refractivity contribution in [3.63, 3.8) is 0 Å². The van der Waals surface area contributed by atoms with E-state index in [2.05, 4.69) is 27.2 Å². The van der Waals surface area contributed by atoms with Gasteiger partial charge >= 0.3 is 0 Å². The van der Waals surface area contributed by atoms with Gasteiger partial charge in [-0.2, -0.15) is 0 Å². The van der Waals surface area contributed by atoms with Gasteiger partial charge in [0, 0.05) is 30.4 Å². The molecule has 2 aromatic heterocycles. The van der Waals surface area contributed by atoms with Crippen LogP contribution in [-0.2, 0) is 0 Å². The number of ether oxygens (including phenoxy) is 1. The Bertz CT molecular complexity index is 763. The van der Waals surface area contributed by atoms with Gasteiger partial charge in [0.1, 0.15) is 0 Å². The number of alkyl halides is 2. The van der Waals surface area contributed by atoms with E-state index in [0.29, 0.717) is 24.4 Å². The maximum Gasteiger partial charge on any atom is 0.240 e. The lowest BCUT2D eigenvalue weighted by atomic mass is 9.79. The van der Waals surface area contributed by atoms with Crippen LogP contribution < -0.4 is 10.1 Å². The van der Waals surface area contributed by atoms with Crippen LogP contribution in [0, 0.1) is 5.92 Å². The first kappa shape index (κ1) is 19.7. The van der Waals surface area contributed by atoms with Crippen molar-refractivity contribution in [2.45, 2.75) is 71.3 Å². The first-order valence-electron chi connectivity index (χ1n) is 9.81. The summed E-state index contributed by atoms with van der Waals surface area (Å²) in [6.45, 7) is 6.42. The summed E-state index contributed by atoms with van der Waals surface area (Å²) >= 11 is 0. The highest BCUT2D eigenvalue weighted by Gasteiger charge is 2.24. The molecule has 0 aromatic carbocycles. The molecule has 3 rings (SSSR count). The van der Waals surface area contributed by atoms with Crippen LogP contribution >= 0.6 is 0 Å². The third-order valence-corrected chi connectivity index (χ3v) is 5.26. The van der Waals surface area contributed by atoms with Gasteiger partial charge in [-0.3, -0.25) is 0 Å². The van der Waals surface area contributed by atoms with Gasteiger partial charge in [0.25, 0.3) is 0 Å². The Morgan fingerprint density at radius 3 is 2.59 bits per heavy atom. The monoisotopic (exact) mass is 378 g/mol. The summed E-state index contributed by atoms with van der Waals surface area (Å²) in [4.78, 5) is 13.5. The maximum absolute atomic E-state index is 12.6. The van der Waals surface area contributed by atoms with Gasteiger partial charge in [-0.1, -0.05) is 19.8 Å². The fraction of sp³-hybridized carbons (Fsp3) is 0.650. The summed E-state index contributed by atoms with van der Waals surface area (Å²) in [5, 5.41) is 3.77. The molecule has 1 fully saturated rings. The van der Waals surface area contributed by atoms with Crippen LogP contribution in [0.5, 0.6) is 5.88 Å². The van der Waals surface area contributed by atoms with E-state index >= 15 is 0 Å². The zero-order valence-electron chi connectivity index (χ0n) is 16.2. The van der Waals surface area contributed by atoms with E-state index in [9.17, 15) is 8.78 Å². The summed E-state index contributed by atoms with van der Waals surface area (Å²) in [6, 6.07) is -0.408. The summed E-state index contributed by atoms with van der Waals surface area (Å²) < 4.78 is 30.9. The Morgan fingerprint density at radius 1 is 1.19 bits per heavy atom. The highest BCUT2D eigenvalue weighted by atomic mass is 19.3. The molecule has 1 aliphatic rings. The van der Waals surface area contributed by atoms with Crippen molar-refractivity contribution >= 4 is 16.9 Å². The van der Waals surface area contributed by atoms with Crippen LogP contribution in [0.2, 0.25) is 0 Å². The first-order chi connectivity index (χ1) is 13.0. The van der Waals surface area contributed by atoms with Crippen molar-refractivity contribution in [3.05, 3.63) is 18.0 Å². The molecule has 148 valence electrons. The zero-order valence-corrected chi connectivity index (χ0v) is 16.2. The quantitative estimate of drug-likeness (QED) is 0.720. The summed E-state index contributed by atoms with van der Waals surface area (Å²) in [5.74, 6) is 2.06. The Kier molecular flexibility index (Phi) is 6.39. The molecule has 0 amide bonds. The van der Waals surface area contributed by atoms with Gasteiger partial charge in [-0.05, 0) is 38.5 Å². The lowest BCUT2D eigenvalue weighted by molar-refractivity contribution is 0.133. The second-order valence-corrected chi connectivity index (χ2v) is 7.54. The molecule has 27 heavy (non-hydrogen) atoms. The molecular formula is C20H28F2N4O. The minimum absolute atomic E-state index is 0.241. The molecule has 0 saturated heterocycles. The number of halogens is 2. The summed E-state index contributed by atoms with van der Waals surface area (Å²) in [5.41, 5.74) is 1.92. The Morgan fingerprint density at radius 2 is 1.93 bits per heavy atom. The number of anilines is 1. The van der Waals surface area contributed by atoms with Crippen molar-refractivity contribution in [1.82, 2.24) is 15.0 Å². The number of hydrogen-bond acceptors (Lipinski definition) is 5. The third kappa shape index (κ3) is 4.82. The Balaban J connectivity index is 1.96. The van der Waals surface area contributed by atoms with Crippen molar-refractivity contribution in [1.29, 1.82) is 0 Å². The molecule has 1 saturated carbocycles. The first-order valence-corrected chi connectivity index (χ1v) is 9.81. The second-order valence-electron chi connectivity index (χ2n) is 7.54. The van der Waals surface area contributed by atoms with Crippen LogP contribution in [0.4, 0.5) is 14.7 Å². The van der Waals surface area contributed by atoms with Crippen molar-refractivity contribution in [2.75, 3.05) is 11.9 Å². The number of aromatic nitrogens is 3. The van der Waals surface area contributed by atoms with Crippen molar-refractivity contribution in [2.24, 2.45) is 5.92 Å². The number of nitrogens with one attached hydrogen (secondary N) is 1. The van der Waals surface area contributed by atoms with Crippen molar-refractivity contribution in [3.8, 4) is 5.88 Å². The smallest absolute Gasteiger partial charge is 0.240 e. The third-order valence-electron chi connectivity index (χ3n) is 5.26. The van der Waals surface area contributed by atoms with Gasteiger partial charge in [0.05, 0.1) is 17.5 Å². The van der Waals surface area contributed by atoms with Crippen LogP contribution in [-0.4, -0.2) is 34.0 Å². The molecule has 0 bridgehead atoms. The van der Waals surface area contributed by atoms with Gasteiger partial charge < -0.3 is 10.1 Å². The molecule has 2 heterocycles. The van der Waals surface area contributed by atoms with E-state index in [1.165, 1.54) is 12.8 Å². The van der Waals surface area contributed by atoms with Crippen LogP contribution in [0.1, 0.15) is 64.4 Å². The predicted molar refractivity (Wildman–Crippen MR) is 103 cm³/mol. The van der Waals surface area contributed by atoms with E-state index in [0.717, 1.165) is 35.2 Å². The number of pyridine rings is 1. The van der Waals surface area contributed by atoms with E-state index in [-0.39, 0.29) is 6.42 Å². The van der Waals surface area contributed by atoms with E-state index < -0.39 is 12.5 Å². The molecule has 2 aromatic rings. The zero-order chi connectivity index (χ0) is 19.4. The minimum atomic E-state index is -2.36. The summed E-state index contributed by atoms with van der Waals surface area (Å²) in [6.07, 6.45) is 5.57. The normalized spacial score (nSPS) is 21.4. The predicted octanol–water partition coefficient (Wildman–Crippen LogP) is 5.17. The lowest BCUT2D eigenvalue weighted by Crippen LogP contribution is -2.20. The highest BCUT2D eigenvalue weighted by Crippen LogP contribution is 2.39. The topological polar surface area (TPSA) is 59.9 Å². The van der Waals surface area contributed by atoms with E-state index in [4.69, 9.17) is 4.74 Å². The minimum Gasteiger partial charge on any atom is -0.477 e. The van der Waals surface area contributed by atoms with E-state index in [1.54, 1.807) is 13.1 Å². The number of rotatable bonds is 7. The van der Waals surface area contributed by atoms with Gasteiger partial charge in [-0.15, -0.1) is 0 Å². The Hall–Kier alpha value is -2.05. The fourth-order valence-electron chi connectivity index (χ4n) is 3.75. The van der Waals surface area contributed by atoms with Gasteiger partial charge in [-0.25, -0.2) is 23.7 Å². The second kappa shape index (κ2) is 8.76. The Labute approximate surface area is 159 Å². The molecule has 1 N–H and O–H groups in total. The van der Waals surface area contributed by atoms with Gasteiger partial charge in [0.2, 0.25) is 18.3 Å². The van der Waals surface area contributed by atoms with Gasteiger partial charge in [0.15, 0.2) is 0 Å². The maximum atomic E-state index is 12.6. The summed E-state index contributed by atoms with van der Waals surface area (Å²) in [7, 11) is 0. The number of fused-ring (bicyclic) bond motifs is 1. The van der Waals surface area contributed by atoms with Crippen LogP contribution in [0.25, 0.3) is 10.9 Å². The molecule has 0 unspecified atom stereocenters. The molecular weight excluding hydrogens is 350 g/mol. The number of nitrogens with zero attached hydrogens (tertiary/aromatic N) is 3. The van der Waals surface area contributed by atoms with Crippen LogP contribution in [0.15, 0.2) is 12.4 Å². The molecule has 5 nitrogen and oxygen atoms in total. The molecule has 0 radical (unpaired) electrons. The SMILES string of the molecule is CCOc1ncc(C2CCC(C)CC2)c2nc(N[C@@H](C)CC(F)F)ncc12. The molecule has 0 aliphatic heterocycles. The standard InChI is InChI=1S/C20H28F2N4O/c1-4-27-19-16-11-24-20(25-13(3)9-17(21)22)26-18(16)15(10-23-19)14-7-5-12(2)6-8-14/h10-14,17H,4-9H2,1-3H3,(H,24,25,26)/t12?,13-,14?/m0/s1. The molecule has 1 atom stereocenters. The van der Waals surface area contributed by atoms with Crippen LogP contribution in [0.3, 0.4) is 0 Å².